The van der Waals surface area contributed by atoms with Crippen molar-refractivity contribution in [3.63, 3.8) is 0 Å². The molecular formula is C21H27N5O2. The number of hydrogen-bond acceptors (Lipinski definition) is 5. The van der Waals surface area contributed by atoms with Crippen molar-refractivity contribution in [3.05, 3.63) is 41.6 Å². The number of aromatic amines is 1. The molecular weight excluding hydrogens is 354 g/mol. The minimum atomic E-state index is -0.513. The number of aromatic nitrogens is 3. The molecule has 0 aliphatic rings. The number of alkyl carbamates (subject to hydrolysis) is 1. The summed E-state index contributed by atoms with van der Waals surface area (Å²) in [4.78, 5) is 24.5. The summed E-state index contributed by atoms with van der Waals surface area (Å²) in [5, 5.41) is 7.04. The van der Waals surface area contributed by atoms with Crippen LogP contribution in [0.4, 0.5) is 10.6 Å². The monoisotopic (exact) mass is 381 g/mol. The Morgan fingerprint density at radius 3 is 2.50 bits per heavy atom. The number of hydrogen-bond donors (Lipinski definition) is 3. The zero-order valence-corrected chi connectivity index (χ0v) is 17.0. The predicted octanol–water partition coefficient (Wildman–Crippen LogP) is 4.18. The zero-order chi connectivity index (χ0) is 20.3. The standard InChI is InChI=1S/C21H27N5O2/c1-13-14(2)24-19-16(13)18(22-11-12-23-20(27)28-21(3,4)5)25-17(26-19)15-9-7-6-8-10-15/h6-10H,11-12H2,1-5H3,(H,23,27)(H2,22,24,25,26). The van der Waals surface area contributed by atoms with Crippen LogP contribution in [-0.4, -0.2) is 39.7 Å². The molecule has 148 valence electrons. The number of anilines is 1. The highest BCUT2D eigenvalue weighted by atomic mass is 16.6. The molecule has 1 amide bonds. The molecule has 0 aliphatic heterocycles. The van der Waals surface area contributed by atoms with Crippen LogP contribution in [0, 0.1) is 13.8 Å². The first-order valence-corrected chi connectivity index (χ1v) is 9.37. The molecule has 0 atom stereocenters. The lowest BCUT2D eigenvalue weighted by Gasteiger charge is -2.19. The van der Waals surface area contributed by atoms with Crippen molar-refractivity contribution < 1.29 is 9.53 Å². The van der Waals surface area contributed by atoms with Gasteiger partial charge in [0, 0.05) is 24.3 Å². The van der Waals surface area contributed by atoms with Crippen molar-refractivity contribution in [1.29, 1.82) is 0 Å². The Morgan fingerprint density at radius 2 is 1.82 bits per heavy atom. The summed E-state index contributed by atoms with van der Waals surface area (Å²) in [6.07, 6.45) is -0.430. The molecule has 2 heterocycles. The number of rotatable bonds is 5. The van der Waals surface area contributed by atoms with Crippen LogP contribution in [0.15, 0.2) is 30.3 Å². The Hall–Kier alpha value is -3.09. The van der Waals surface area contributed by atoms with Crippen LogP contribution in [-0.2, 0) is 4.74 Å². The van der Waals surface area contributed by atoms with Gasteiger partial charge in [0.05, 0.1) is 5.39 Å². The van der Waals surface area contributed by atoms with Crippen LogP contribution < -0.4 is 10.6 Å². The molecule has 0 saturated carbocycles. The van der Waals surface area contributed by atoms with E-state index in [1.807, 2.05) is 65.0 Å². The number of ether oxygens (including phenoxy) is 1. The quantitative estimate of drug-likeness (QED) is 0.577. The SMILES string of the molecule is Cc1[nH]c2nc(-c3ccccc3)nc(NCCNC(=O)OC(C)(C)C)c2c1C. The third-order valence-corrected chi connectivity index (χ3v) is 4.27. The smallest absolute Gasteiger partial charge is 0.407 e. The van der Waals surface area contributed by atoms with Gasteiger partial charge in [-0.25, -0.2) is 14.8 Å². The average molecular weight is 381 g/mol. The van der Waals surface area contributed by atoms with Crippen molar-refractivity contribution in [2.75, 3.05) is 18.4 Å². The van der Waals surface area contributed by atoms with E-state index in [1.54, 1.807) is 0 Å². The highest BCUT2D eigenvalue weighted by molar-refractivity contribution is 5.92. The molecule has 0 bridgehead atoms. The summed E-state index contributed by atoms with van der Waals surface area (Å²) in [6, 6.07) is 9.86. The first-order valence-electron chi connectivity index (χ1n) is 9.37. The van der Waals surface area contributed by atoms with Gasteiger partial charge in [-0.3, -0.25) is 0 Å². The van der Waals surface area contributed by atoms with Crippen LogP contribution in [0.1, 0.15) is 32.0 Å². The van der Waals surface area contributed by atoms with E-state index in [0.29, 0.717) is 18.9 Å². The number of nitrogens with one attached hydrogen (secondary N) is 3. The second-order valence-electron chi connectivity index (χ2n) is 7.72. The lowest BCUT2D eigenvalue weighted by molar-refractivity contribution is 0.0530. The fraction of sp³-hybridized carbons (Fsp3) is 0.381. The number of fused-ring (bicyclic) bond motifs is 1. The van der Waals surface area contributed by atoms with Gasteiger partial charge in [-0.15, -0.1) is 0 Å². The van der Waals surface area contributed by atoms with Crippen LogP contribution in [0.5, 0.6) is 0 Å². The van der Waals surface area contributed by atoms with E-state index >= 15 is 0 Å². The summed E-state index contributed by atoms with van der Waals surface area (Å²) in [5.74, 6) is 1.40. The van der Waals surface area contributed by atoms with Gasteiger partial charge in [-0.05, 0) is 40.2 Å². The third-order valence-electron chi connectivity index (χ3n) is 4.27. The molecule has 7 heteroatoms. The molecule has 3 rings (SSSR count). The third kappa shape index (κ3) is 4.60. The highest BCUT2D eigenvalue weighted by Crippen LogP contribution is 2.28. The van der Waals surface area contributed by atoms with Gasteiger partial charge < -0.3 is 20.4 Å². The van der Waals surface area contributed by atoms with Gasteiger partial charge in [0.25, 0.3) is 0 Å². The number of nitrogens with zero attached hydrogens (tertiary/aromatic N) is 2. The van der Waals surface area contributed by atoms with Crippen LogP contribution in [0.2, 0.25) is 0 Å². The lowest BCUT2D eigenvalue weighted by Crippen LogP contribution is -2.35. The van der Waals surface area contributed by atoms with E-state index < -0.39 is 11.7 Å². The fourth-order valence-corrected chi connectivity index (χ4v) is 2.87. The van der Waals surface area contributed by atoms with Crippen LogP contribution in [0.3, 0.4) is 0 Å². The number of H-pyrrole nitrogens is 1. The number of carbonyl (C=O) groups excluding carboxylic acids is 1. The Kier molecular flexibility index (Phi) is 5.53. The van der Waals surface area contributed by atoms with Gasteiger partial charge in [-0.1, -0.05) is 30.3 Å². The number of benzene rings is 1. The molecule has 2 aromatic heterocycles. The van der Waals surface area contributed by atoms with E-state index in [-0.39, 0.29) is 0 Å². The lowest BCUT2D eigenvalue weighted by atomic mass is 10.2. The summed E-state index contributed by atoms with van der Waals surface area (Å²) >= 11 is 0. The maximum Gasteiger partial charge on any atom is 0.407 e. The maximum atomic E-state index is 11.8. The maximum absolute atomic E-state index is 11.8. The number of amides is 1. The molecule has 0 aliphatic carbocycles. The molecule has 28 heavy (non-hydrogen) atoms. The first-order chi connectivity index (χ1) is 13.2. The van der Waals surface area contributed by atoms with Gasteiger partial charge in [0.2, 0.25) is 0 Å². The second kappa shape index (κ2) is 7.88. The molecule has 0 unspecified atom stereocenters. The summed E-state index contributed by atoms with van der Waals surface area (Å²) < 4.78 is 5.25. The minimum absolute atomic E-state index is 0.420. The van der Waals surface area contributed by atoms with Crippen molar-refractivity contribution in [3.8, 4) is 11.4 Å². The Labute approximate surface area is 164 Å². The second-order valence-corrected chi connectivity index (χ2v) is 7.72. The Bertz CT molecular complexity index is 974. The van der Waals surface area contributed by atoms with Crippen molar-refractivity contribution >= 4 is 22.9 Å². The van der Waals surface area contributed by atoms with Crippen LogP contribution >= 0.6 is 0 Å². The zero-order valence-electron chi connectivity index (χ0n) is 17.0. The fourth-order valence-electron chi connectivity index (χ4n) is 2.87. The van der Waals surface area contributed by atoms with E-state index in [4.69, 9.17) is 9.72 Å². The summed E-state index contributed by atoms with van der Waals surface area (Å²) in [6.45, 7) is 10.5. The van der Waals surface area contributed by atoms with Crippen molar-refractivity contribution in [2.45, 2.75) is 40.2 Å². The molecule has 0 spiro atoms. The Morgan fingerprint density at radius 1 is 1.11 bits per heavy atom. The van der Waals surface area contributed by atoms with Gasteiger partial charge in [0.15, 0.2) is 5.82 Å². The Balaban J connectivity index is 1.78. The molecule has 0 fully saturated rings. The average Bonchev–Trinajstić information content (AvgIpc) is 2.92. The van der Waals surface area contributed by atoms with Gasteiger partial charge in [-0.2, -0.15) is 0 Å². The minimum Gasteiger partial charge on any atom is -0.444 e. The molecule has 1 aromatic carbocycles. The van der Waals surface area contributed by atoms with E-state index in [9.17, 15) is 4.79 Å². The molecule has 7 nitrogen and oxygen atoms in total. The largest absolute Gasteiger partial charge is 0.444 e. The summed E-state index contributed by atoms with van der Waals surface area (Å²) in [5.41, 5.74) is 3.40. The van der Waals surface area contributed by atoms with E-state index in [1.165, 1.54) is 0 Å². The molecule has 0 radical (unpaired) electrons. The summed E-state index contributed by atoms with van der Waals surface area (Å²) in [7, 11) is 0. The van der Waals surface area contributed by atoms with Gasteiger partial charge >= 0.3 is 6.09 Å². The van der Waals surface area contributed by atoms with E-state index in [0.717, 1.165) is 33.7 Å². The molecule has 0 saturated heterocycles. The van der Waals surface area contributed by atoms with Gasteiger partial charge in [0.1, 0.15) is 17.1 Å². The van der Waals surface area contributed by atoms with E-state index in [2.05, 4.69) is 20.6 Å². The van der Waals surface area contributed by atoms with Crippen molar-refractivity contribution in [1.82, 2.24) is 20.3 Å². The first kappa shape index (κ1) is 19.7. The highest BCUT2D eigenvalue weighted by Gasteiger charge is 2.17. The topological polar surface area (TPSA) is 91.9 Å². The normalized spacial score (nSPS) is 11.5. The molecule has 3 N–H and O–H groups in total. The van der Waals surface area contributed by atoms with Crippen molar-refractivity contribution in [2.24, 2.45) is 0 Å². The molecule has 3 aromatic rings. The number of carbonyl (C=O) groups is 1. The van der Waals surface area contributed by atoms with Crippen LogP contribution in [0.25, 0.3) is 22.4 Å². The number of aryl methyl sites for hydroxylation is 2. The predicted molar refractivity (Wildman–Crippen MR) is 112 cm³/mol.